The van der Waals surface area contributed by atoms with Gasteiger partial charge in [-0.15, -0.1) is 24.0 Å². The third kappa shape index (κ3) is 9.31. The van der Waals surface area contributed by atoms with E-state index in [-0.39, 0.29) is 29.2 Å². The number of hydrogen-bond donors (Lipinski definition) is 3. The van der Waals surface area contributed by atoms with Crippen LogP contribution in [0.5, 0.6) is 0 Å². The number of ether oxygens (including phenoxy) is 1. The van der Waals surface area contributed by atoms with Gasteiger partial charge in [-0.1, -0.05) is 0 Å². The minimum atomic E-state index is -0.479. The van der Waals surface area contributed by atoms with Crippen LogP contribution >= 0.6 is 36.2 Å². The number of halogens is 1. The molecule has 0 spiro atoms. The van der Waals surface area contributed by atoms with Crippen LogP contribution in [0.2, 0.25) is 0 Å². The number of nitrogens with two attached hydrogens (primary N) is 2. The van der Waals surface area contributed by atoms with Crippen molar-refractivity contribution in [3.63, 3.8) is 0 Å². The second-order valence-electron chi connectivity index (χ2n) is 0.785. The highest BCUT2D eigenvalue weighted by atomic mass is 127. The zero-order chi connectivity index (χ0) is 5.86. The quantitative estimate of drug-likeness (QED) is 0.238. The van der Waals surface area contributed by atoms with E-state index in [1.807, 2.05) is 0 Å². The molecule has 0 aliphatic rings. The largest absolute Gasteiger partial charge is 0.399 e. The zero-order valence-electron chi connectivity index (χ0n) is 3.88. The van der Waals surface area contributed by atoms with Crippen molar-refractivity contribution in [2.45, 2.75) is 0 Å². The third-order valence-electron chi connectivity index (χ3n) is 0.211. The van der Waals surface area contributed by atoms with E-state index in [4.69, 9.17) is 11.1 Å². The first-order valence-corrected chi connectivity index (χ1v) is 1.85. The first kappa shape index (κ1) is 10.8. The van der Waals surface area contributed by atoms with Crippen molar-refractivity contribution in [3.05, 3.63) is 0 Å². The van der Waals surface area contributed by atoms with E-state index in [9.17, 15) is 0 Å². The number of hydrogen-bond acceptors (Lipinski definition) is 3. The highest BCUT2D eigenvalue weighted by Crippen LogP contribution is 1.67. The van der Waals surface area contributed by atoms with Gasteiger partial charge in [0.2, 0.25) is 0 Å². The second kappa shape index (κ2) is 5.04. The summed E-state index contributed by atoms with van der Waals surface area (Å²) in [6.07, 6.45) is 0. The maximum absolute atomic E-state index is 6.41. The van der Waals surface area contributed by atoms with E-state index in [1.54, 1.807) is 0 Å². The van der Waals surface area contributed by atoms with Crippen LogP contribution in [0.1, 0.15) is 0 Å². The number of amidine groups is 1. The van der Waals surface area contributed by atoms with Crippen molar-refractivity contribution in [2.75, 3.05) is 0 Å². The van der Waals surface area contributed by atoms with Gasteiger partial charge in [0.1, 0.15) is 0 Å². The molecule has 0 amide bonds. The molecule has 5 N–H and O–H groups in total. The van der Waals surface area contributed by atoms with Gasteiger partial charge in [-0.2, -0.15) is 0 Å². The normalized spacial score (nSPS) is 6.50. The number of nitrogens with one attached hydrogen (secondary N) is 1. The van der Waals surface area contributed by atoms with Crippen molar-refractivity contribution in [1.82, 2.24) is 0 Å². The van der Waals surface area contributed by atoms with Crippen molar-refractivity contribution >= 4 is 47.4 Å². The van der Waals surface area contributed by atoms with Crippen LogP contribution in [0, 0.1) is 5.41 Å². The van der Waals surface area contributed by atoms with Gasteiger partial charge in [-0.05, 0) is 12.2 Å². The molecule has 0 rings (SSSR count). The molecular weight excluding hydrogens is 241 g/mol. The molecule has 6 heteroatoms. The standard InChI is InChI=1S/C2H5N3OS.HI/c3-1(4)6-2(5)7;/h(H3,3,4)(H2,5,7);1H. The smallest absolute Gasteiger partial charge is 0.286 e. The molecule has 0 fully saturated rings. The van der Waals surface area contributed by atoms with Crippen LogP contribution < -0.4 is 11.5 Å². The van der Waals surface area contributed by atoms with Crippen LogP contribution in [0.3, 0.4) is 0 Å². The monoisotopic (exact) mass is 247 g/mol. The molecule has 0 saturated carbocycles. The summed E-state index contributed by atoms with van der Waals surface area (Å²) in [5.74, 6) is 0. The summed E-state index contributed by atoms with van der Waals surface area (Å²) in [5, 5.41) is 6.18. The molecule has 48 valence electrons. The van der Waals surface area contributed by atoms with Gasteiger partial charge in [0.25, 0.3) is 11.2 Å². The van der Waals surface area contributed by atoms with Gasteiger partial charge in [0, 0.05) is 0 Å². The summed E-state index contributed by atoms with van der Waals surface area (Å²) < 4.78 is 4.12. The average Bonchev–Trinajstić information content (AvgIpc) is 1.27. The van der Waals surface area contributed by atoms with E-state index in [2.05, 4.69) is 22.7 Å². The number of thiocarbonyl (C=S) groups is 1. The van der Waals surface area contributed by atoms with Crippen molar-refractivity contribution < 1.29 is 4.74 Å². The van der Waals surface area contributed by atoms with E-state index in [1.165, 1.54) is 0 Å². The average molecular weight is 247 g/mol. The lowest BCUT2D eigenvalue weighted by Gasteiger charge is -1.94. The van der Waals surface area contributed by atoms with Crippen LogP contribution in [0.4, 0.5) is 0 Å². The molecule has 0 aromatic rings. The fraction of sp³-hybridized carbons (Fsp3) is 0. The fourth-order valence-electron chi connectivity index (χ4n) is 0.108. The van der Waals surface area contributed by atoms with Crippen LogP contribution in [-0.4, -0.2) is 11.2 Å². The summed E-state index contributed by atoms with van der Waals surface area (Å²) in [6.45, 7) is 0. The van der Waals surface area contributed by atoms with E-state index >= 15 is 0 Å². The molecule has 0 saturated heterocycles. The van der Waals surface area contributed by atoms with E-state index < -0.39 is 6.02 Å². The summed E-state index contributed by atoms with van der Waals surface area (Å²) in [6, 6.07) is -0.479. The minimum Gasteiger partial charge on any atom is -0.399 e. The molecule has 8 heavy (non-hydrogen) atoms. The topological polar surface area (TPSA) is 85.1 Å². The van der Waals surface area contributed by atoms with Gasteiger partial charge in [-0.3, -0.25) is 5.41 Å². The molecule has 0 unspecified atom stereocenters. The lowest BCUT2D eigenvalue weighted by molar-refractivity contribution is 0.537. The SMILES string of the molecule is I.N=C(N)OC(N)=S. The predicted octanol–water partition coefficient (Wildman–Crippen LogP) is -0.242. The Morgan fingerprint density at radius 3 is 1.88 bits per heavy atom. The summed E-state index contributed by atoms with van der Waals surface area (Å²) in [5.41, 5.74) is 9.47. The fourth-order valence-corrected chi connectivity index (χ4v) is 0.198. The maximum Gasteiger partial charge on any atom is 0.286 e. The molecule has 0 aromatic heterocycles. The van der Waals surface area contributed by atoms with Gasteiger partial charge < -0.3 is 16.2 Å². The van der Waals surface area contributed by atoms with Crippen LogP contribution in [-0.2, 0) is 4.74 Å². The van der Waals surface area contributed by atoms with Gasteiger partial charge >= 0.3 is 0 Å². The Hall–Kier alpha value is -0.110. The molecule has 0 radical (unpaired) electrons. The first-order chi connectivity index (χ1) is 3.13. The third-order valence-corrected chi connectivity index (χ3v) is 0.294. The molecule has 0 heterocycles. The van der Waals surface area contributed by atoms with Gasteiger partial charge in [-0.25, -0.2) is 0 Å². The molecule has 0 aromatic carbocycles. The molecular formula is C2H6IN3OS. The summed E-state index contributed by atoms with van der Waals surface area (Å²) >= 11 is 4.21. The Labute approximate surface area is 69.1 Å². The Morgan fingerprint density at radius 1 is 1.50 bits per heavy atom. The highest BCUT2D eigenvalue weighted by Gasteiger charge is 1.86. The van der Waals surface area contributed by atoms with Crippen LogP contribution in [0.15, 0.2) is 0 Å². The summed E-state index contributed by atoms with van der Waals surface area (Å²) in [4.78, 5) is 0. The maximum atomic E-state index is 6.41. The Balaban J connectivity index is 0. The van der Waals surface area contributed by atoms with Gasteiger partial charge in [0.05, 0.1) is 0 Å². The highest BCUT2D eigenvalue weighted by molar-refractivity contribution is 14.0. The molecule has 0 bridgehead atoms. The minimum absolute atomic E-state index is 0. The second-order valence-corrected chi connectivity index (χ2v) is 1.19. The zero-order valence-corrected chi connectivity index (χ0v) is 7.03. The summed E-state index contributed by atoms with van der Waals surface area (Å²) in [7, 11) is 0. The Morgan fingerprint density at radius 2 is 1.88 bits per heavy atom. The lowest BCUT2D eigenvalue weighted by atomic mass is 11.1. The van der Waals surface area contributed by atoms with E-state index in [0.717, 1.165) is 0 Å². The van der Waals surface area contributed by atoms with Crippen molar-refractivity contribution in [3.8, 4) is 0 Å². The molecule has 4 nitrogen and oxygen atoms in total. The van der Waals surface area contributed by atoms with Gasteiger partial charge in [0.15, 0.2) is 0 Å². The molecule has 0 aliphatic carbocycles. The lowest BCUT2D eigenvalue weighted by Crippen LogP contribution is -2.23. The number of rotatable bonds is 0. The predicted molar refractivity (Wildman–Crippen MR) is 45.2 cm³/mol. The van der Waals surface area contributed by atoms with E-state index in [0.29, 0.717) is 0 Å². The van der Waals surface area contributed by atoms with Crippen LogP contribution in [0.25, 0.3) is 0 Å². The Kier molecular flexibility index (Phi) is 6.80. The molecule has 0 atom stereocenters. The van der Waals surface area contributed by atoms with Crippen molar-refractivity contribution in [2.24, 2.45) is 11.5 Å². The molecule has 0 aliphatic heterocycles. The first-order valence-electron chi connectivity index (χ1n) is 1.44. The van der Waals surface area contributed by atoms with Crippen molar-refractivity contribution in [1.29, 1.82) is 5.41 Å². The Bertz CT molecular complexity index is 93.5.